The van der Waals surface area contributed by atoms with Crippen LogP contribution in [0.5, 0.6) is 11.5 Å². The normalized spacial score (nSPS) is 27.2. The largest absolute Gasteiger partial charge is 0.496 e. The summed E-state index contributed by atoms with van der Waals surface area (Å²) in [5, 5.41) is 11.0. The van der Waals surface area contributed by atoms with E-state index in [2.05, 4.69) is 13.8 Å². The predicted molar refractivity (Wildman–Crippen MR) is 179 cm³/mol. The van der Waals surface area contributed by atoms with Crippen molar-refractivity contribution in [3.63, 3.8) is 0 Å². The molecule has 0 saturated heterocycles. The summed E-state index contributed by atoms with van der Waals surface area (Å²) in [6.45, 7) is 6.77. The van der Waals surface area contributed by atoms with Crippen molar-refractivity contribution in [2.24, 2.45) is 23.2 Å². The van der Waals surface area contributed by atoms with Gasteiger partial charge in [-0.3, -0.25) is 19.4 Å². The van der Waals surface area contributed by atoms with Crippen LogP contribution in [0.15, 0.2) is 48.6 Å². The second-order valence-corrected chi connectivity index (χ2v) is 13.9. The van der Waals surface area contributed by atoms with Crippen LogP contribution in [0.4, 0.5) is 0 Å². The number of carboxylic acid groups (broad SMARTS) is 1. The van der Waals surface area contributed by atoms with E-state index in [9.17, 15) is 19.5 Å². The third kappa shape index (κ3) is 6.36. The van der Waals surface area contributed by atoms with Crippen molar-refractivity contribution < 1.29 is 29.0 Å². The molecule has 47 heavy (non-hydrogen) atoms. The first-order valence-corrected chi connectivity index (χ1v) is 16.8. The fourth-order valence-corrected chi connectivity index (χ4v) is 7.46. The molecular weight excluding hydrogens is 594 g/mol. The molecule has 9 nitrogen and oxygen atoms in total. The molecule has 1 aromatic carbocycles. The smallest absolute Gasteiger partial charge is 0.310 e. The highest BCUT2D eigenvalue weighted by atomic mass is 16.5. The molecule has 2 saturated carbocycles. The van der Waals surface area contributed by atoms with E-state index in [0.717, 1.165) is 47.1 Å². The van der Waals surface area contributed by atoms with Crippen molar-refractivity contribution >= 4 is 28.6 Å². The van der Waals surface area contributed by atoms with E-state index in [1.807, 2.05) is 55.5 Å². The summed E-state index contributed by atoms with van der Waals surface area (Å²) in [5.74, 6) is -0.947. The van der Waals surface area contributed by atoms with Gasteiger partial charge >= 0.3 is 5.97 Å². The molecule has 2 aromatic heterocycles. The predicted octanol–water partition coefficient (Wildman–Crippen LogP) is 6.76. The highest BCUT2D eigenvalue weighted by molar-refractivity contribution is 5.94. The van der Waals surface area contributed by atoms with Gasteiger partial charge in [-0.15, -0.1) is 0 Å². The fraction of sp³-hybridized carbons (Fsp3) is 0.500. The maximum absolute atomic E-state index is 14.0. The molecule has 0 spiro atoms. The number of benzene rings is 1. The van der Waals surface area contributed by atoms with Gasteiger partial charge in [0.25, 0.3) is 0 Å². The average Bonchev–Trinajstić information content (AvgIpc) is 3.59. The van der Waals surface area contributed by atoms with E-state index in [1.165, 1.54) is 0 Å². The van der Waals surface area contributed by atoms with Gasteiger partial charge in [0, 0.05) is 48.6 Å². The molecule has 3 aromatic rings. The summed E-state index contributed by atoms with van der Waals surface area (Å²) in [6.07, 6.45) is 7.28. The number of methoxy groups -OCH3 is 1. The Hall–Kier alpha value is -4.27. The van der Waals surface area contributed by atoms with Crippen molar-refractivity contribution in [3.8, 4) is 22.9 Å². The maximum atomic E-state index is 14.0. The van der Waals surface area contributed by atoms with Crippen LogP contribution >= 0.6 is 0 Å². The minimum atomic E-state index is -1.08. The summed E-state index contributed by atoms with van der Waals surface area (Å²) in [4.78, 5) is 51.9. The third-order valence-corrected chi connectivity index (χ3v) is 10.4. The summed E-state index contributed by atoms with van der Waals surface area (Å²) in [7, 11) is 3.43. The van der Waals surface area contributed by atoms with Crippen LogP contribution in [0.25, 0.3) is 22.3 Å². The number of carbonyl (C=O) groups excluding carboxylic acids is 2. The molecule has 248 valence electrons. The van der Waals surface area contributed by atoms with Crippen molar-refractivity contribution in [2.75, 3.05) is 20.7 Å². The highest BCUT2D eigenvalue weighted by Crippen LogP contribution is 2.57. The van der Waals surface area contributed by atoms with Gasteiger partial charge in [-0.2, -0.15) is 0 Å². The number of amides is 1. The number of aryl methyl sites for hydroxylation is 1. The van der Waals surface area contributed by atoms with Gasteiger partial charge in [0.15, 0.2) is 0 Å². The van der Waals surface area contributed by atoms with E-state index in [1.54, 1.807) is 19.1 Å². The van der Waals surface area contributed by atoms with Crippen LogP contribution in [0.1, 0.15) is 76.0 Å². The average molecular weight is 640 g/mol. The number of pyridine rings is 2. The number of carboxylic acids is 1. The molecule has 6 rings (SSSR count). The molecule has 2 aliphatic carbocycles. The van der Waals surface area contributed by atoms with Gasteiger partial charge in [0.2, 0.25) is 5.91 Å². The molecule has 1 aliphatic heterocycles. The zero-order valence-electron chi connectivity index (χ0n) is 28.0. The first-order chi connectivity index (χ1) is 22.5. The number of Topliss-reactive ketones (excluding diaryl/α,β-unsaturated/α-hetero) is 1. The number of fused-ring (bicyclic) bond motifs is 3. The summed E-state index contributed by atoms with van der Waals surface area (Å²) in [5.41, 5.74) is 2.86. The van der Waals surface area contributed by atoms with Crippen LogP contribution in [-0.4, -0.2) is 64.4 Å². The lowest BCUT2D eigenvalue weighted by molar-refractivity contribution is -0.147. The van der Waals surface area contributed by atoms with Crippen molar-refractivity contribution in [1.29, 1.82) is 0 Å². The number of hydrogen-bond acceptors (Lipinski definition) is 7. The summed E-state index contributed by atoms with van der Waals surface area (Å²) < 4.78 is 12.4. The number of hydrogen-bond donors (Lipinski definition) is 1. The Morgan fingerprint density at radius 2 is 1.83 bits per heavy atom. The van der Waals surface area contributed by atoms with E-state index >= 15 is 0 Å². The molecule has 3 heterocycles. The Labute approximate surface area is 276 Å². The van der Waals surface area contributed by atoms with Crippen LogP contribution in [-0.2, 0) is 14.4 Å². The van der Waals surface area contributed by atoms with Gasteiger partial charge in [-0.25, -0.2) is 4.98 Å². The van der Waals surface area contributed by atoms with Gasteiger partial charge in [-0.1, -0.05) is 32.1 Å². The molecular formula is C38H45N3O6. The van der Waals surface area contributed by atoms with E-state index < -0.39 is 29.3 Å². The van der Waals surface area contributed by atoms with Gasteiger partial charge in [0.1, 0.15) is 23.4 Å². The molecule has 0 bridgehead atoms. The van der Waals surface area contributed by atoms with Crippen LogP contribution < -0.4 is 9.47 Å². The standard InChI is InChI=1S/C38H45N3O6/c1-22(2)29-12-10-13-30(39-29)31-19-34(26-14-15-33(46-5)23(3)35(26)40-31)47-25-17-27-28(18-25)36(43)41(4)16-9-7-6-8-11-24-20-38(24,37(44)45)21-32(27)42/h8,10-15,19,22,24-25,27-28H,6-7,9,16-18,20-21H2,1-5H3,(H,44,45)/b11-8-/t24-,25+,27+,28?,38+/m0/s1. The number of aromatic nitrogens is 2. The number of nitrogens with zero attached hydrogens (tertiary/aromatic N) is 3. The monoisotopic (exact) mass is 639 g/mol. The number of allylic oxidation sites excluding steroid dienone is 2. The first kappa shape index (κ1) is 32.7. The molecule has 0 radical (unpaired) electrons. The zero-order chi connectivity index (χ0) is 33.5. The SMILES string of the molecule is COc1ccc2c(O[C@H]3CC4C(=O)N(C)CCCC/C=C\[C@H]5C[C@@]5(C(=O)O)CC(=O)[C@@H]4C3)cc(-c3cccc(C(C)C)n3)nc2c1C. The van der Waals surface area contributed by atoms with Crippen LogP contribution in [0.2, 0.25) is 0 Å². The lowest BCUT2D eigenvalue weighted by atomic mass is 9.84. The maximum Gasteiger partial charge on any atom is 0.310 e. The number of rotatable bonds is 6. The third-order valence-electron chi connectivity index (χ3n) is 10.4. The molecule has 9 heteroatoms. The van der Waals surface area contributed by atoms with E-state index in [0.29, 0.717) is 43.0 Å². The molecule has 2 fully saturated rings. The number of carbonyl (C=O) groups is 3. The molecule has 3 aliphatic rings. The second-order valence-electron chi connectivity index (χ2n) is 13.9. The number of ether oxygens (including phenoxy) is 2. The molecule has 5 atom stereocenters. The van der Waals surface area contributed by atoms with Crippen molar-refractivity contribution in [3.05, 3.63) is 59.8 Å². The van der Waals surface area contributed by atoms with E-state index in [4.69, 9.17) is 19.4 Å². The molecule has 1 N–H and O–H groups in total. The zero-order valence-corrected chi connectivity index (χ0v) is 28.0. The summed E-state index contributed by atoms with van der Waals surface area (Å²) in [6, 6.07) is 11.6. The lowest BCUT2D eigenvalue weighted by Crippen LogP contribution is -2.38. The van der Waals surface area contributed by atoms with Crippen molar-refractivity contribution in [1.82, 2.24) is 14.9 Å². The van der Waals surface area contributed by atoms with Gasteiger partial charge < -0.3 is 19.5 Å². The first-order valence-electron chi connectivity index (χ1n) is 16.8. The Morgan fingerprint density at radius 3 is 2.57 bits per heavy atom. The Balaban J connectivity index is 1.36. The second kappa shape index (κ2) is 13.1. The molecule has 1 amide bonds. The summed E-state index contributed by atoms with van der Waals surface area (Å²) >= 11 is 0. The quantitative estimate of drug-likeness (QED) is 0.294. The minimum Gasteiger partial charge on any atom is -0.496 e. The van der Waals surface area contributed by atoms with Gasteiger partial charge in [0.05, 0.1) is 35.3 Å². The topological polar surface area (TPSA) is 119 Å². The fourth-order valence-electron chi connectivity index (χ4n) is 7.46. The van der Waals surface area contributed by atoms with Gasteiger partial charge in [-0.05, 0) is 81.5 Å². The molecule has 1 unspecified atom stereocenters. The Kier molecular flexibility index (Phi) is 9.09. The lowest BCUT2D eigenvalue weighted by Gasteiger charge is -2.25. The Morgan fingerprint density at radius 1 is 1.04 bits per heavy atom. The van der Waals surface area contributed by atoms with Crippen LogP contribution in [0.3, 0.4) is 0 Å². The van der Waals surface area contributed by atoms with E-state index in [-0.39, 0.29) is 29.9 Å². The number of aliphatic carboxylic acids is 1. The van der Waals surface area contributed by atoms with Crippen molar-refractivity contribution in [2.45, 2.75) is 77.7 Å². The minimum absolute atomic E-state index is 0.0680. The van der Waals surface area contributed by atoms with Crippen LogP contribution in [0, 0.1) is 30.1 Å². The number of ketones is 1. The Bertz CT molecular complexity index is 1730. The highest BCUT2D eigenvalue weighted by Gasteiger charge is 2.61.